The molecule has 2 aliphatic rings. The van der Waals surface area contributed by atoms with Gasteiger partial charge in [0.15, 0.2) is 0 Å². The van der Waals surface area contributed by atoms with Gasteiger partial charge in [-0.2, -0.15) is 0 Å². The van der Waals surface area contributed by atoms with E-state index in [1.807, 2.05) is 24.3 Å². The lowest BCUT2D eigenvalue weighted by Crippen LogP contribution is -2.56. The second-order valence-electron chi connectivity index (χ2n) is 6.74. The minimum absolute atomic E-state index is 0.00955. The highest BCUT2D eigenvalue weighted by Crippen LogP contribution is 2.62. The number of alkyl carbamates (subject to hydrolysis) is 1. The maximum Gasteiger partial charge on any atom is 0.408 e. The van der Waals surface area contributed by atoms with Gasteiger partial charge in [0.1, 0.15) is 18.8 Å². The fraction of sp³-hybridized carbons (Fsp3) is 0.421. The summed E-state index contributed by atoms with van der Waals surface area (Å²) < 4.78 is 11.2. The summed E-state index contributed by atoms with van der Waals surface area (Å²) in [6.07, 6.45) is 1.48. The van der Waals surface area contributed by atoms with Gasteiger partial charge in [-0.15, -0.1) is 0 Å². The van der Waals surface area contributed by atoms with Gasteiger partial charge in [0.25, 0.3) is 0 Å². The molecule has 0 aromatic heterocycles. The number of nitrogens with one attached hydrogen (secondary N) is 1. The molecule has 2 N–H and O–H groups in total. The number of rotatable bonds is 7. The summed E-state index contributed by atoms with van der Waals surface area (Å²) in [7, 11) is 0. The summed E-state index contributed by atoms with van der Waals surface area (Å²) in [6.45, 7) is 3.47. The summed E-state index contributed by atoms with van der Waals surface area (Å²) >= 11 is 3.39. The van der Waals surface area contributed by atoms with Gasteiger partial charge >= 0.3 is 18.0 Å². The fourth-order valence-electron chi connectivity index (χ4n) is 3.98. The standard InChI is InChI=1S/C19H20BrNO6/c1-2-9-26-18(25)21-19(8-7-12-14(15(12)19)16(22)23)17(24)27-10-11-5-3-4-6-13(11)20/h2-6,12,14-15H,1,7-10H2,(H,21,25)(H,22,23). The number of ether oxygens (including phenoxy) is 2. The topological polar surface area (TPSA) is 102 Å². The summed E-state index contributed by atoms with van der Waals surface area (Å²) in [5.41, 5.74) is -0.608. The third-order valence-electron chi connectivity index (χ3n) is 5.23. The molecule has 2 fully saturated rings. The van der Waals surface area contributed by atoms with E-state index in [9.17, 15) is 19.5 Å². The molecule has 0 aliphatic heterocycles. The number of aliphatic carboxylic acids is 1. The van der Waals surface area contributed by atoms with E-state index in [2.05, 4.69) is 27.8 Å². The molecule has 0 heterocycles. The predicted molar refractivity (Wildman–Crippen MR) is 98.7 cm³/mol. The Bertz CT molecular complexity index is 781. The number of halogens is 1. The summed E-state index contributed by atoms with van der Waals surface area (Å²) in [5, 5.41) is 12.0. The first-order valence-electron chi connectivity index (χ1n) is 8.60. The summed E-state index contributed by atoms with van der Waals surface area (Å²) in [5.74, 6) is -2.88. The normalized spacial score (nSPS) is 28.0. The van der Waals surface area contributed by atoms with Crippen LogP contribution in [0.15, 0.2) is 41.4 Å². The van der Waals surface area contributed by atoms with Crippen LogP contribution in [-0.2, 0) is 25.7 Å². The van der Waals surface area contributed by atoms with Crippen molar-refractivity contribution in [3.05, 3.63) is 47.0 Å². The highest BCUT2D eigenvalue weighted by atomic mass is 79.9. The van der Waals surface area contributed by atoms with E-state index in [1.165, 1.54) is 6.08 Å². The maximum absolute atomic E-state index is 12.9. The van der Waals surface area contributed by atoms with Crippen LogP contribution >= 0.6 is 15.9 Å². The van der Waals surface area contributed by atoms with E-state index in [-0.39, 0.29) is 19.1 Å². The predicted octanol–water partition coefficient (Wildman–Crippen LogP) is 2.88. The lowest BCUT2D eigenvalue weighted by molar-refractivity contribution is -0.154. The average molecular weight is 438 g/mol. The van der Waals surface area contributed by atoms with E-state index >= 15 is 0 Å². The van der Waals surface area contributed by atoms with Crippen molar-refractivity contribution in [3.8, 4) is 0 Å². The van der Waals surface area contributed by atoms with Gasteiger partial charge in [0, 0.05) is 16.0 Å². The van der Waals surface area contributed by atoms with Gasteiger partial charge < -0.3 is 19.9 Å². The molecule has 27 heavy (non-hydrogen) atoms. The zero-order valence-corrected chi connectivity index (χ0v) is 16.1. The number of hydrogen-bond acceptors (Lipinski definition) is 5. The van der Waals surface area contributed by atoms with Crippen LogP contribution in [0.2, 0.25) is 0 Å². The van der Waals surface area contributed by atoms with Crippen molar-refractivity contribution in [2.24, 2.45) is 17.8 Å². The molecular weight excluding hydrogens is 418 g/mol. The molecule has 0 spiro atoms. The number of benzene rings is 1. The summed E-state index contributed by atoms with van der Waals surface area (Å²) in [6, 6.07) is 7.31. The summed E-state index contributed by atoms with van der Waals surface area (Å²) in [4.78, 5) is 36.5. The van der Waals surface area contributed by atoms with Crippen LogP contribution in [0, 0.1) is 17.8 Å². The van der Waals surface area contributed by atoms with Gasteiger partial charge in [-0.25, -0.2) is 9.59 Å². The Labute approximate surface area is 164 Å². The fourth-order valence-corrected chi connectivity index (χ4v) is 4.38. The minimum Gasteiger partial charge on any atom is -0.481 e. The minimum atomic E-state index is -1.38. The quantitative estimate of drug-likeness (QED) is 0.502. The molecule has 1 aromatic carbocycles. The van der Waals surface area contributed by atoms with Crippen LogP contribution in [0.3, 0.4) is 0 Å². The SMILES string of the molecule is C=CCOC(=O)NC1(C(=O)OCc2ccccc2Br)CCC2C(C(=O)O)C21. The molecule has 0 saturated heterocycles. The Kier molecular flexibility index (Phi) is 5.55. The maximum atomic E-state index is 12.9. The van der Waals surface area contributed by atoms with Gasteiger partial charge in [-0.05, 0) is 24.8 Å². The molecule has 4 atom stereocenters. The number of amides is 1. The molecule has 7 nitrogen and oxygen atoms in total. The van der Waals surface area contributed by atoms with Crippen molar-refractivity contribution < 1.29 is 29.0 Å². The molecule has 1 amide bonds. The molecule has 4 unspecified atom stereocenters. The van der Waals surface area contributed by atoms with E-state index in [1.54, 1.807) is 0 Å². The number of carboxylic acid groups (broad SMARTS) is 1. The van der Waals surface area contributed by atoms with E-state index in [4.69, 9.17) is 9.47 Å². The third kappa shape index (κ3) is 3.71. The number of carbonyl (C=O) groups is 3. The highest BCUT2D eigenvalue weighted by Gasteiger charge is 2.72. The second-order valence-corrected chi connectivity index (χ2v) is 7.60. The molecule has 3 rings (SSSR count). The average Bonchev–Trinajstić information content (AvgIpc) is 3.28. The van der Waals surface area contributed by atoms with Crippen molar-refractivity contribution >= 4 is 34.0 Å². The zero-order chi connectivity index (χ0) is 19.6. The van der Waals surface area contributed by atoms with Gasteiger partial charge in [0.2, 0.25) is 0 Å². The Morgan fingerprint density at radius 3 is 2.70 bits per heavy atom. The van der Waals surface area contributed by atoms with Crippen LogP contribution < -0.4 is 5.32 Å². The van der Waals surface area contributed by atoms with Crippen LogP contribution in [0.5, 0.6) is 0 Å². The Morgan fingerprint density at radius 2 is 2.07 bits per heavy atom. The molecule has 0 radical (unpaired) electrons. The van der Waals surface area contributed by atoms with Crippen molar-refractivity contribution in [1.29, 1.82) is 0 Å². The van der Waals surface area contributed by atoms with Crippen LogP contribution in [-0.4, -0.2) is 35.3 Å². The van der Waals surface area contributed by atoms with Crippen LogP contribution in [0.25, 0.3) is 0 Å². The molecule has 1 aromatic rings. The van der Waals surface area contributed by atoms with E-state index in [0.717, 1.165) is 10.0 Å². The molecular formula is C19H20BrNO6. The first-order chi connectivity index (χ1) is 12.9. The first-order valence-corrected chi connectivity index (χ1v) is 9.39. The monoisotopic (exact) mass is 437 g/mol. The number of hydrogen-bond donors (Lipinski definition) is 2. The molecule has 144 valence electrons. The van der Waals surface area contributed by atoms with E-state index in [0.29, 0.717) is 12.8 Å². The molecule has 0 bridgehead atoms. The lowest BCUT2D eigenvalue weighted by atomic mass is 9.90. The highest BCUT2D eigenvalue weighted by molar-refractivity contribution is 9.10. The zero-order valence-electron chi connectivity index (χ0n) is 14.5. The first kappa shape index (κ1) is 19.4. The number of fused-ring (bicyclic) bond motifs is 1. The van der Waals surface area contributed by atoms with Crippen molar-refractivity contribution in [3.63, 3.8) is 0 Å². The number of carboxylic acids is 1. The number of carbonyl (C=O) groups excluding carboxylic acids is 2. The lowest BCUT2D eigenvalue weighted by Gasteiger charge is -2.30. The van der Waals surface area contributed by atoms with Crippen molar-refractivity contribution in [1.82, 2.24) is 5.32 Å². The molecule has 2 aliphatic carbocycles. The molecule has 2 saturated carbocycles. The van der Waals surface area contributed by atoms with Gasteiger partial charge in [0.05, 0.1) is 5.92 Å². The second kappa shape index (κ2) is 7.72. The Hall–Kier alpha value is -2.35. The largest absolute Gasteiger partial charge is 0.481 e. The van der Waals surface area contributed by atoms with E-state index < -0.39 is 35.4 Å². The van der Waals surface area contributed by atoms with Crippen molar-refractivity contribution in [2.75, 3.05) is 6.61 Å². The number of esters is 1. The smallest absolute Gasteiger partial charge is 0.408 e. The van der Waals surface area contributed by atoms with Gasteiger partial charge in [-0.1, -0.05) is 46.8 Å². The Balaban J connectivity index is 1.76. The Morgan fingerprint density at radius 1 is 1.33 bits per heavy atom. The van der Waals surface area contributed by atoms with Gasteiger partial charge in [-0.3, -0.25) is 4.79 Å². The van der Waals surface area contributed by atoms with Crippen LogP contribution in [0.1, 0.15) is 18.4 Å². The van der Waals surface area contributed by atoms with Crippen molar-refractivity contribution in [2.45, 2.75) is 25.0 Å². The molecule has 8 heteroatoms. The van der Waals surface area contributed by atoms with Crippen LogP contribution in [0.4, 0.5) is 4.79 Å². The third-order valence-corrected chi connectivity index (χ3v) is 6.01.